The first-order valence-electron chi connectivity index (χ1n) is 5.31. The number of piperidine rings is 1. The molecule has 0 aromatic heterocycles. The van der Waals surface area contributed by atoms with Crippen molar-refractivity contribution in [1.82, 2.24) is 4.90 Å². The molecule has 0 aromatic carbocycles. The molecule has 1 aliphatic rings. The zero-order valence-electron chi connectivity index (χ0n) is 9.07. The van der Waals surface area contributed by atoms with Crippen LogP contribution < -0.4 is 11.5 Å². The van der Waals surface area contributed by atoms with E-state index in [-0.39, 0.29) is 17.9 Å². The molecular formula is C10H21N3O. The average Bonchev–Trinajstić information content (AvgIpc) is 2.16. The lowest BCUT2D eigenvalue weighted by Crippen LogP contribution is -2.49. The number of nitrogens with two attached hydrogens (primary N) is 2. The van der Waals surface area contributed by atoms with Gasteiger partial charge in [-0.3, -0.25) is 9.69 Å². The highest BCUT2D eigenvalue weighted by atomic mass is 16.1. The van der Waals surface area contributed by atoms with E-state index in [1.165, 1.54) is 0 Å². The van der Waals surface area contributed by atoms with Gasteiger partial charge in [0, 0.05) is 18.0 Å². The van der Waals surface area contributed by atoms with Gasteiger partial charge >= 0.3 is 0 Å². The van der Waals surface area contributed by atoms with E-state index < -0.39 is 0 Å². The summed E-state index contributed by atoms with van der Waals surface area (Å²) in [5.41, 5.74) is 11.1. The summed E-state index contributed by atoms with van der Waals surface area (Å²) in [6.45, 7) is 6.03. The summed E-state index contributed by atoms with van der Waals surface area (Å²) in [5.74, 6) is -0.0790. The first kappa shape index (κ1) is 11.5. The number of likely N-dealkylation sites (tertiary alicyclic amines) is 1. The maximum absolute atomic E-state index is 10.9. The standard InChI is InChI=1S/C10H21N3O/c1-7(11)8(2)13-5-3-9(4-6-13)10(12)14/h7-9H,3-6,11H2,1-2H3,(H2,12,14). The Hall–Kier alpha value is -0.610. The number of hydrogen-bond acceptors (Lipinski definition) is 3. The van der Waals surface area contributed by atoms with Crippen LogP contribution in [0.3, 0.4) is 0 Å². The van der Waals surface area contributed by atoms with Gasteiger partial charge in [0.15, 0.2) is 0 Å². The van der Waals surface area contributed by atoms with Crippen LogP contribution in [0.1, 0.15) is 26.7 Å². The minimum Gasteiger partial charge on any atom is -0.369 e. The van der Waals surface area contributed by atoms with Crippen molar-refractivity contribution in [3.63, 3.8) is 0 Å². The van der Waals surface area contributed by atoms with Gasteiger partial charge in [-0.2, -0.15) is 0 Å². The second-order valence-corrected chi connectivity index (χ2v) is 4.31. The molecule has 1 heterocycles. The molecule has 0 bridgehead atoms. The summed E-state index contributed by atoms with van der Waals surface area (Å²) in [4.78, 5) is 13.3. The Morgan fingerprint density at radius 2 is 1.86 bits per heavy atom. The Bertz CT molecular complexity index is 198. The minimum atomic E-state index is -0.155. The van der Waals surface area contributed by atoms with Gasteiger partial charge in [-0.05, 0) is 39.8 Å². The predicted molar refractivity (Wildman–Crippen MR) is 56.6 cm³/mol. The van der Waals surface area contributed by atoms with Crippen LogP contribution in [-0.2, 0) is 4.79 Å². The molecule has 0 radical (unpaired) electrons. The van der Waals surface area contributed by atoms with Crippen LogP contribution in [0.5, 0.6) is 0 Å². The monoisotopic (exact) mass is 199 g/mol. The highest BCUT2D eigenvalue weighted by Crippen LogP contribution is 2.19. The maximum atomic E-state index is 10.9. The molecule has 82 valence electrons. The normalized spacial score (nSPS) is 24.5. The number of primary amides is 1. The van der Waals surface area contributed by atoms with Crippen molar-refractivity contribution in [1.29, 1.82) is 0 Å². The zero-order chi connectivity index (χ0) is 10.7. The number of carbonyl (C=O) groups excluding carboxylic acids is 1. The summed E-state index contributed by atoms with van der Waals surface area (Å²) in [7, 11) is 0. The maximum Gasteiger partial charge on any atom is 0.220 e. The molecule has 2 atom stereocenters. The first-order chi connectivity index (χ1) is 6.52. The Morgan fingerprint density at radius 1 is 1.36 bits per heavy atom. The summed E-state index contributed by atoms with van der Waals surface area (Å²) in [5, 5.41) is 0. The fourth-order valence-corrected chi connectivity index (χ4v) is 1.92. The predicted octanol–water partition coefficient (Wildman–Crippen LogP) is -0.0806. The fraction of sp³-hybridized carbons (Fsp3) is 0.900. The molecule has 1 saturated heterocycles. The van der Waals surface area contributed by atoms with Crippen LogP contribution in [0, 0.1) is 5.92 Å². The fourth-order valence-electron chi connectivity index (χ4n) is 1.92. The smallest absolute Gasteiger partial charge is 0.220 e. The quantitative estimate of drug-likeness (QED) is 0.667. The Balaban J connectivity index is 2.39. The van der Waals surface area contributed by atoms with Crippen molar-refractivity contribution in [3.05, 3.63) is 0 Å². The second kappa shape index (κ2) is 4.75. The van der Waals surface area contributed by atoms with E-state index in [1.54, 1.807) is 0 Å². The molecule has 2 unspecified atom stereocenters. The lowest BCUT2D eigenvalue weighted by atomic mass is 9.94. The molecule has 1 rings (SSSR count). The largest absolute Gasteiger partial charge is 0.369 e. The van der Waals surface area contributed by atoms with E-state index in [4.69, 9.17) is 11.5 Å². The third kappa shape index (κ3) is 2.69. The molecule has 1 amide bonds. The number of carbonyl (C=O) groups is 1. The topological polar surface area (TPSA) is 72.3 Å². The van der Waals surface area contributed by atoms with Crippen molar-refractivity contribution in [3.8, 4) is 0 Å². The lowest BCUT2D eigenvalue weighted by molar-refractivity contribution is -0.123. The van der Waals surface area contributed by atoms with E-state index >= 15 is 0 Å². The first-order valence-corrected chi connectivity index (χ1v) is 5.31. The highest BCUT2D eigenvalue weighted by molar-refractivity contribution is 5.76. The Labute approximate surface area is 85.6 Å². The van der Waals surface area contributed by atoms with Crippen LogP contribution in [0.4, 0.5) is 0 Å². The SMILES string of the molecule is CC(N)C(C)N1CCC(C(N)=O)CC1. The van der Waals surface area contributed by atoms with Crippen molar-refractivity contribution in [2.24, 2.45) is 17.4 Å². The molecule has 4 nitrogen and oxygen atoms in total. The van der Waals surface area contributed by atoms with Crippen LogP contribution in [0.2, 0.25) is 0 Å². The number of amides is 1. The Morgan fingerprint density at radius 3 is 2.21 bits per heavy atom. The molecule has 1 aliphatic heterocycles. The van der Waals surface area contributed by atoms with Crippen molar-refractivity contribution < 1.29 is 4.79 Å². The molecule has 4 heteroatoms. The van der Waals surface area contributed by atoms with Gasteiger partial charge in [0.25, 0.3) is 0 Å². The molecule has 1 fully saturated rings. The van der Waals surface area contributed by atoms with Gasteiger partial charge in [0.1, 0.15) is 0 Å². The van der Waals surface area contributed by atoms with Crippen molar-refractivity contribution in [2.75, 3.05) is 13.1 Å². The van der Waals surface area contributed by atoms with Crippen molar-refractivity contribution in [2.45, 2.75) is 38.8 Å². The van der Waals surface area contributed by atoms with Gasteiger partial charge in [0.05, 0.1) is 0 Å². The molecule has 14 heavy (non-hydrogen) atoms. The Kier molecular flexibility index (Phi) is 3.89. The molecule has 0 saturated carbocycles. The molecular weight excluding hydrogens is 178 g/mol. The van der Waals surface area contributed by atoms with Gasteiger partial charge in [-0.15, -0.1) is 0 Å². The summed E-state index contributed by atoms with van der Waals surface area (Å²) in [6.07, 6.45) is 1.76. The third-order valence-electron chi connectivity index (χ3n) is 3.27. The van der Waals surface area contributed by atoms with Gasteiger partial charge < -0.3 is 11.5 Å². The number of hydrogen-bond donors (Lipinski definition) is 2. The van der Waals surface area contributed by atoms with Crippen molar-refractivity contribution >= 4 is 5.91 Å². The van der Waals surface area contributed by atoms with E-state index in [9.17, 15) is 4.79 Å². The van der Waals surface area contributed by atoms with Crippen LogP contribution in [0.25, 0.3) is 0 Å². The summed E-state index contributed by atoms with van der Waals surface area (Å²) < 4.78 is 0. The average molecular weight is 199 g/mol. The van der Waals surface area contributed by atoms with E-state index in [1.807, 2.05) is 6.92 Å². The third-order valence-corrected chi connectivity index (χ3v) is 3.27. The molecule has 0 aliphatic carbocycles. The second-order valence-electron chi connectivity index (χ2n) is 4.31. The zero-order valence-corrected chi connectivity index (χ0v) is 9.07. The highest BCUT2D eigenvalue weighted by Gasteiger charge is 2.26. The van der Waals surface area contributed by atoms with E-state index in [2.05, 4.69) is 11.8 Å². The summed E-state index contributed by atoms with van der Waals surface area (Å²) >= 11 is 0. The molecule has 4 N–H and O–H groups in total. The number of rotatable bonds is 3. The van der Waals surface area contributed by atoms with E-state index in [0.717, 1.165) is 25.9 Å². The molecule has 0 spiro atoms. The minimum absolute atomic E-state index is 0.0755. The van der Waals surface area contributed by atoms with Crippen LogP contribution in [-0.4, -0.2) is 36.0 Å². The lowest BCUT2D eigenvalue weighted by Gasteiger charge is -2.36. The number of nitrogens with zero attached hydrogens (tertiary/aromatic N) is 1. The van der Waals surface area contributed by atoms with Gasteiger partial charge in [-0.1, -0.05) is 0 Å². The van der Waals surface area contributed by atoms with Gasteiger partial charge in [0.2, 0.25) is 5.91 Å². The van der Waals surface area contributed by atoms with Crippen LogP contribution in [0.15, 0.2) is 0 Å². The summed E-state index contributed by atoms with van der Waals surface area (Å²) in [6, 6.07) is 0.573. The van der Waals surface area contributed by atoms with Crippen LogP contribution >= 0.6 is 0 Å². The van der Waals surface area contributed by atoms with Gasteiger partial charge in [-0.25, -0.2) is 0 Å². The van der Waals surface area contributed by atoms with E-state index in [0.29, 0.717) is 6.04 Å². The molecule has 0 aromatic rings.